The maximum absolute atomic E-state index is 12.0. The lowest BCUT2D eigenvalue weighted by Crippen LogP contribution is -2.42. The van der Waals surface area contributed by atoms with Crippen molar-refractivity contribution >= 4 is 33.3 Å². The van der Waals surface area contributed by atoms with Gasteiger partial charge in [-0.15, -0.1) is 11.3 Å². The first-order valence-electron chi connectivity index (χ1n) is 6.02. The highest BCUT2D eigenvalue weighted by Crippen LogP contribution is 2.17. The molecule has 0 fully saturated rings. The van der Waals surface area contributed by atoms with E-state index in [1.54, 1.807) is 26.2 Å². The molecule has 21 heavy (non-hydrogen) atoms. The molecule has 1 atom stereocenters. The summed E-state index contributed by atoms with van der Waals surface area (Å²) in [6.07, 6.45) is -0.586. The summed E-state index contributed by atoms with van der Waals surface area (Å²) in [6.45, 7) is 4.91. The van der Waals surface area contributed by atoms with E-state index >= 15 is 0 Å². The van der Waals surface area contributed by atoms with Gasteiger partial charge in [0.05, 0.1) is 6.42 Å². The van der Waals surface area contributed by atoms with Gasteiger partial charge < -0.3 is 9.84 Å². The molecular weight excluding hydrogens is 318 g/mol. The number of carboxylic acids is 1. The summed E-state index contributed by atoms with van der Waals surface area (Å²) >= 11 is 0.953. The van der Waals surface area contributed by atoms with Crippen LogP contribution in [0.2, 0.25) is 0 Å². The number of carboxylic acid groups (broad SMARTS) is 1. The Bertz CT molecular complexity index is 600. The van der Waals surface area contributed by atoms with Crippen molar-refractivity contribution < 1.29 is 27.9 Å². The van der Waals surface area contributed by atoms with Crippen LogP contribution in [0.15, 0.2) is 21.7 Å². The van der Waals surface area contributed by atoms with E-state index in [0.717, 1.165) is 11.3 Å². The zero-order valence-electron chi connectivity index (χ0n) is 11.8. The Labute approximate surface area is 127 Å². The fourth-order valence-electron chi connectivity index (χ4n) is 1.39. The largest absolute Gasteiger partial charge is 0.480 e. The molecule has 0 bridgehead atoms. The molecule has 1 aromatic rings. The summed E-state index contributed by atoms with van der Waals surface area (Å²) in [5, 5.41) is 10.6. The summed E-state index contributed by atoms with van der Waals surface area (Å²) in [4.78, 5) is 22.7. The molecule has 2 N–H and O–H groups in total. The van der Waals surface area contributed by atoms with Crippen LogP contribution in [0.5, 0.6) is 0 Å². The predicted molar refractivity (Wildman–Crippen MR) is 76.5 cm³/mol. The molecule has 0 radical (unpaired) electrons. The average Bonchev–Trinajstić information content (AvgIpc) is 2.78. The zero-order valence-corrected chi connectivity index (χ0v) is 13.5. The van der Waals surface area contributed by atoms with Crippen LogP contribution in [0.25, 0.3) is 0 Å². The number of sulfonamides is 1. The Balaban J connectivity index is 2.80. The van der Waals surface area contributed by atoms with Crippen molar-refractivity contribution in [1.82, 2.24) is 4.72 Å². The number of hydrogen-bond donors (Lipinski definition) is 2. The molecule has 0 saturated heterocycles. The van der Waals surface area contributed by atoms with Gasteiger partial charge in [0, 0.05) is 0 Å². The number of carbonyl (C=O) groups excluding carboxylic acids is 1. The average molecular weight is 335 g/mol. The summed E-state index contributed by atoms with van der Waals surface area (Å²) in [6, 6.07) is 1.30. The first-order chi connectivity index (χ1) is 9.51. The minimum Gasteiger partial charge on any atom is -0.480 e. The van der Waals surface area contributed by atoms with Crippen LogP contribution < -0.4 is 4.72 Å². The quantitative estimate of drug-likeness (QED) is 0.756. The molecule has 0 aromatic carbocycles. The molecule has 0 saturated carbocycles. The summed E-state index contributed by atoms with van der Waals surface area (Å²) in [7, 11) is -3.97. The normalized spacial score (nSPS) is 13.7. The maximum Gasteiger partial charge on any atom is 0.322 e. The summed E-state index contributed by atoms with van der Waals surface area (Å²) in [5.74, 6) is -2.23. The Morgan fingerprint density at radius 2 is 2.05 bits per heavy atom. The van der Waals surface area contributed by atoms with E-state index < -0.39 is 40.0 Å². The number of thiophene rings is 1. The molecule has 7 nitrogen and oxygen atoms in total. The lowest BCUT2D eigenvalue weighted by molar-refractivity contribution is -0.158. The summed E-state index contributed by atoms with van der Waals surface area (Å²) in [5.41, 5.74) is -0.771. The topological polar surface area (TPSA) is 110 Å². The Morgan fingerprint density at radius 1 is 1.43 bits per heavy atom. The van der Waals surface area contributed by atoms with Gasteiger partial charge in [0.25, 0.3) is 10.0 Å². The van der Waals surface area contributed by atoms with E-state index in [9.17, 15) is 18.0 Å². The Morgan fingerprint density at radius 3 is 2.48 bits per heavy atom. The number of rotatable bonds is 6. The van der Waals surface area contributed by atoms with E-state index in [2.05, 4.69) is 0 Å². The van der Waals surface area contributed by atoms with Crippen LogP contribution in [-0.2, 0) is 24.3 Å². The van der Waals surface area contributed by atoms with Crippen LogP contribution in [0.1, 0.15) is 27.2 Å². The minimum atomic E-state index is -3.97. The monoisotopic (exact) mass is 335 g/mol. The molecule has 0 unspecified atom stereocenters. The number of ether oxygens (including phenoxy) is 1. The van der Waals surface area contributed by atoms with Crippen molar-refractivity contribution in [3.05, 3.63) is 17.5 Å². The van der Waals surface area contributed by atoms with Gasteiger partial charge in [-0.25, -0.2) is 8.42 Å². The van der Waals surface area contributed by atoms with E-state index in [1.165, 1.54) is 12.1 Å². The molecule has 1 aromatic heterocycles. The molecule has 9 heteroatoms. The third-order valence-electron chi connectivity index (χ3n) is 2.15. The van der Waals surface area contributed by atoms with Gasteiger partial charge in [-0.1, -0.05) is 6.07 Å². The van der Waals surface area contributed by atoms with Crippen LogP contribution in [0.3, 0.4) is 0 Å². The lowest BCUT2D eigenvalue weighted by atomic mass is 10.2. The van der Waals surface area contributed by atoms with Crippen molar-refractivity contribution in [2.45, 2.75) is 43.0 Å². The van der Waals surface area contributed by atoms with Crippen molar-refractivity contribution in [3.8, 4) is 0 Å². The van der Waals surface area contributed by atoms with Crippen LogP contribution >= 0.6 is 11.3 Å². The summed E-state index contributed by atoms with van der Waals surface area (Å²) < 4.78 is 30.9. The standard InChI is InChI=1S/C12H17NO6S2/c1-12(2,3)19-9(14)7-8(11(15)16)13-21(17,18)10-5-4-6-20-10/h4-6,8,13H,7H2,1-3H3,(H,15,16)/t8-/m0/s1. The number of nitrogens with one attached hydrogen (secondary N) is 1. The third-order valence-corrected chi connectivity index (χ3v) is 5.02. The van der Waals surface area contributed by atoms with Gasteiger partial charge >= 0.3 is 11.9 Å². The minimum absolute atomic E-state index is 0.0158. The highest BCUT2D eigenvalue weighted by atomic mass is 32.2. The molecule has 0 aliphatic carbocycles. The molecule has 0 aliphatic rings. The van der Waals surface area contributed by atoms with E-state index in [0.29, 0.717) is 0 Å². The van der Waals surface area contributed by atoms with Crippen LogP contribution in [-0.4, -0.2) is 37.1 Å². The molecule has 0 amide bonds. The molecular formula is C12H17NO6S2. The number of aliphatic carboxylic acids is 1. The number of esters is 1. The number of hydrogen-bond acceptors (Lipinski definition) is 6. The predicted octanol–water partition coefficient (Wildman–Crippen LogP) is 1.21. The first-order valence-corrected chi connectivity index (χ1v) is 8.38. The van der Waals surface area contributed by atoms with Crippen LogP contribution in [0, 0.1) is 0 Å². The molecule has 1 heterocycles. The molecule has 1 rings (SSSR count). The second kappa shape index (κ2) is 6.54. The van der Waals surface area contributed by atoms with E-state index in [1.807, 2.05) is 4.72 Å². The van der Waals surface area contributed by atoms with E-state index in [4.69, 9.17) is 9.84 Å². The Kier molecular flexibility index (Phi) is 5.48. The highest BCUT2D eigenvalue weighted by Gasteiger charge is 2.30. The van der Waals surface area contributed by atoms with Crippen LogP contribution in [0.4, 0.5) is 0 Å². The lowest BCUT2D eigenvalue weighted by Gasteiger charge is -2.21. The van der Waals surface area contributed by atoms with Gasteiger partial charge in [-0.3, -0.25) is 9.59 Å². The SMILES string of the molecule is CC(C)(C)OC(=O)C[C@H](NS(=O)(=O)c1cccs1)C(=O)O. The van der Waals surface area contributed by atoms with Crippen molar-refractivity contribution in [2.24, 2.45) is 0 Å². The molecule has 0 aliphatic heterocycles. The zero-order chi connectivity index (χ0) is 16.3. The van der Waals surface area contributed by atoms with Gasteiger partial charge in [0.1, 0.15) is 15.9 Å². The van der Waals surface area contributed by atoms with Crippen molar-refractivity contribution in [2.75, 3.05) is 0 Å². The molecule has 118 valence electrons. The van der Waals surface area contributed by atoms with Gasteiger partial charge in [-0.05, 0) is 32.2 Å². The highest BCUT2D eigenvalue weighted by molar-refractivity contribution is 7.91. The maximum atomic E-state index is 12.0. The second-order valence-electron chi connectivity index (χ2n) is 5.23. The Hall–Kier alpha value is -1.45. The fraction of sp³-hybridized carbons (Fsp3) is 0.500. The number of carbonyl (C=O) groups is 2. The smallest absolute Gasteiger partial charge is 0.322 e. The fourth-order valence-corrected chi connectivity index (χ4v) is 3.59. The van der Waals surface area contributed by atoms with Gasteiger partial charge in [-0.2, -0.15) is 4.72 Å². The van der Waals surface area contributed by atoms with Crippen molar-refractivity contribution in [1.29, 1.82) is 0 Å². The van der Waals surface area contributed by atoms with Crippen molar-refractivity contribution in [3.63, 3.8) is 0 Å². The third kappa shape index (κ3) is 5.82. The molecule has 0 spiro atoms. The first kappa shape index (κ1) is 17.6. The van der Waals surface area contributed by atoms with E-state index in [-0.39, 0.29) is 4.21 Å². The van der Waals surface area contributed by atoms with Gasteiger partial charge in [0.2, 0.25) is 0 Å². The second-order valence-corrected chi connectivity index (χ2v) is 8.12. The van der Waals surface area contributed by atoms with Gasteiger partial charge in [0.15, 0.2) is 0 Å².